The standard InChI is InChI=1S/C9H6BrFN6O2/c10-4-1-5(11)8(17(18)19)2-6(4)15-16-7(3-12)9(13)14/h1-2,15H,(H3,13,14)/b16-7+. The first-order valence-electron chi connectivity index (χ1n) is 4.58. The lowest BCUT2D eigenvalue weighted by Crippen LogP contribution is -2.21. The zero-order chi connectivity index (χ0) is 14.6. The number of amidine groups is 1. The van der Waals surface area contributed by atoms with E-state index in [0.717, 1.165) is 12.1 Å². The van der Waals surface area contributed by atoms with E-state index in [4.69, 9.17) is 16.4 Å². The molecule has 0 aliphatic rings. The average molecular weight is 329 g/mol. The molecule has 0 amide bonds. The third-order valence-corrected chi connectivity index (χ3v) is 2.54. The van der Waals surface area contributed by atoms with Crippen molar-refractivity contribution in [2.24, 2.45) is 10.8 Å². The molecule has 0 saturated carbocycles. The number of benzene rings is 1. The zero-order valence-electron chi connectivity index (χ0n) is 9.15. The van der Waals surface area contributed by atoms with E-state index in [1.165, 1.54) is 0 Å². The summed E-state index contributed by atoms with van der Waals surface area (Å²) in [6, 6.07) is 3.34. The van der Waals surface area contributed by atoms with E-state index in [2.05, 4.69) is 26.5 Å². The Kier molecular flexibility index (Phi) is 4.49. The van der Waals surface area contributed by atoms with Gasteiger partial charge in [0.05, 0.1) is 10.6 Å². The quantitative estimate of drug-likeness (QED) is 0.334. The molecule has 1 rings (SSSR count). The molecule has 10 heteroatoms. The van der Waals surface area contributed by atoms with Gasteiger partial charge in [0.15, 0.2) is 5.84 Å². The molecule has 0 radical (unpaired) electrons. The molecule has 0 fully saturated rings. The number of nitrogens with one attached hydrogen (secondary N) is 2. The summed E-state index contributed by atoms with van der Waals surface area (Å²) >= 11 is 2.98. The van der Waals surface area contributed by atoms with Crippen LogP contribution in [-0.2, 0) is 0 Å². The van der Waals surface area contributed by atoms with Crippen molar-refractivity contribution in [3.8, 4) is 6.07 Å². The number of nitrogens with two attached hydrogens (primary N) is 1. The molecule has 0 unspecified atom stereocenters. The van der Waals surface area contributed by atoms with Crippen molar-refractivity contribution in [1.29, 1.82) is 10.7 Å². The highest BCUT2D eigenvalue weighted by Gasteiger charge is 2.17. The van der Waals surface area contributed by atoms with E-state index in [1.54, 1.807) is 6.07 Å². The van der Waals surface area contributed by atoms with Crippen molar-refractivity contribution in [2.75, 3.05) is 5.43 Å². The molecule has 0 aliphatic heterocycles. The van der Waals surface area contributed by atoms with Crippen LogP contribution in [-0.4, -0.2) is 16.5 Å². The molecule has 0 heterocycles. The van der Waals surface area contributed by atoms with Crippen LogP contribution in [0.1, 0.15) is 0 Å². The van der Waals surface area contributed by atoms with Gasteiger partial charge in [-0.2, -0.15) is 14.8 Å². The maximum absolute atomic E-state index is 13.2. The predicted molar refractivity (Wildman–Crippen MR) is 69.3 cm³/mol. The molecule has 0 saturated heterocycles. The third kappa shape index (κ3) is 3.46. The number of nitro benzene ring substituents is 1. The number of nitriles is 1. The highest BCUT2D eigenvalue weighted by molar-refractivity contribution is 9.10. The Balaban J connectivity index is 3.16. The molecule has 0 spiro atoms. The van der Waals surface area contributed by atoms with Crippen molar-refractivity contribution in [3.05, 3.63) is 32.5 Å². The van der Waals surface area contributed by atoms with E-state index in [9.17, 15) is 14.5 Å². The van der Waals surface area contributed by atoms with Crippen LogP contribution in [0.25, 0.3) is 0 Å². The first-order chi connectivity index (χ1) is 8.86. The minimum absolute atomic E-state index is 0.0575. The highest BCUT2D eigenvalue weighted by atomic mass is 79.9. The molecule has 1 aromatic carbocycles. The molecule has 1 aromatic rings. The van der Waals surface area contributed by atoms with Crippen LogP contribution in [0.15, 0.2) is 21.7 Å². The van der Waals surface area contributed by atoms with Gasteiger partial charge in [0, 0.05) is 10.5 Å². The molecule has 0 bridgehead atoms. The van der Waals surface area contributed by atoms with Gasteiger partial charge in [-0.1, -0.05) is 0 Å². The van der Waals surface area contributed by atoms with E-state index in [0.29, 0.717) is 0 Å². The Bertz CT molecular complexity index is 624. The number of nitrogens with zero attached hydrogens (tertiary/aromatic N) is 3. The van der Waals surface area contributed by atoms with Crippen LogP contribution >= 0.6 is 15.9 Å². The maximum atomic E-state index is 13.2. The Morgan fingerprint density at radius 3 is 2.79 bits per heavy atom. The lowest BCUT2D eigenvalue weighted by molar-refractivity contribution is -0.387. The van der Waals surface area contributed by atoms with Gasteiger partial charge < -0.3 is 5.73 Å². The number of nitro groups is 1. The van der Waals surface area contributed by atoms with Crippen LogP contribution < -0.4 is 11.2 Å². The zero-order valence-corrected chi connectivity index (χ0v) is 10.7. The summed E-state index contributed by atoms with van der Waals surface area (Å²) in [5, 5.41) is 29.7. The monoisotopic (exact) mass is 328 g/mol. The van der Waals surface area contributed by atoms with Gasteiger partial charge in [-0.15, -0.1) is 0 Å². The number of hydrogen-bond donors (Lipinski definition) is 3. The Labute approximate surface area is 114 Å². The van der Waals surface area contributed by atoms with E-state index >= 15 is 0 Å². The van der Waals surface area contributed by atoms with Gasteiger partial charge in [0.25, 0.3) is 0 Å². The van der Waals surface area contributed by atoms with Crippen molar-refractivity contribution in [2.45, 2.75) is 0 Å². The third-order valence-electron chi connectivity index (χ3n) is 1.88. The van der Waals surface area contributed by atoms with Crippen LogP contribution in [0.5, 0.6) is 0 Å². The van der Waals surface area contributed by atoms with Crippen LogP contribution in [0, 0.1) is 32.7 Å². The van der Waals surface area contributed by atoms with Crippen molar-refractivity contribution >= 4 is 38.9 Å². The first kappa shape index (κ1) is 14.5. The average Bonchev–Trinajstić information content (AvgIpc) is 2.31. The molecule has 98 valence electrons. The lowest BCUT2D eigenvalue weighted by atomic mass is 10.3. The number of anilines is 1. The maximum Gasteiger partial charge on any atom is 0.306 e. The Morgan fingerprint density at radius 1 is 1.68 bits per heavy atom. The summed E-state index contributed by atoms with van der Waals surface area (Å²) in [6.07, 6.45) is 0. The van der Waals surface area contributed by atoms with Gasteiger partial charge in [0.1, 0.15) is 6.07 Å². The van der Waals surface area contributed by atoms with Crippen LogP contribution in [0.2, 0.25) is 0 Å². The topological polar surface area (TPSA) is 141 Å². The van der Waals surface area contributed by atoms with Gasteiger partial charge in [-0.05, 0) is 22.0 Å². The fraction of sp³-hybridized carbons (Fsp3) is 0. The molecule has 0 atom stereocenters. The van der Waals surface area contributed by atoms with Crippen molar-refractivity contribution in [3.63, 3.8) is 0 Å². The summed E-state index contributed by atoms with van der Waals surface area (Å²) in [5.74, 6) is -1.58. The van der Waals surface area contributed by atoms with E-state index < -0.39 is 28.0 Å². The smallest absolute Gasteiger partial charge is 0.306 e. The summed E-state index contributed by atoms with van der Waals surface area (Å²) in [5.41, 5.74) is 6.26. The number of rotatable bonds is 4. The molecular weight excluding hydrogens is 323 g/mol. The second-order valence-corrected chi connectivity index (χ2v) is 3.99. The van der Waals surface area contributed by atoms with Crippen molar-refractivity contribution in [1.82, 2.24) is 0 Å². The molecule has 0 aromatic heterocycles. The summed E-state index contributed by atoms with van der Waals surface area (Å²) in [4.78, 5) is 9.67. The van der Waals surface area contributed by atoms with Crippen molar-refractivity contribution < 1.29 is 9.31 Å². The molecule has 19 heavy (non-hydrogen) atoms. The Morgan fingerprint density at radius 2 is 2.32 bits per heavy atom. The molecular formula is C9H6BrFN6O2. The largest absolute Gasteiger partial charge is 0.382 e. The SMILES string of the molecule is N#C/C(=N\Nc1cc([N+](=O)[O-])c(F)cc1Br)C(=N)N. The van der Waals surface area contributed by atoms with E-state index in [-0.39, 0.29) is 10.2 Å². The second-order valence-electron chi connectivity index (χ2n) is 3.14. The number of hydrogen-bond acceptors (Lipinski definition) is 6. The van der Waals surface area contributed by atoms with Gasteiger partial charge in [-0.3, -0.25) is 20.9 Å². The summed E-state index contributed by atoms with van der Waals surface area (Å²) in [6.45, 7) is 0. The highest BCUT2D eigenvalue weighted by Crippen LogP contribution is 2.30. The van der Waals surface area contributed by atoms with Crippen LogP contribution in [0.4, 0.5) is 15.8 Å². The predicted octanol–water partition coefficient (Wildman–Crippen LogP) is 1.72. The lowest BCUT2D eigenvalue weighted by Gasteiger charge is -2.04. The Hall–Kier alpha value is -2.54. The normalized spacial score (nSPS) is 10.7. The fourth-order valence-electron chi connectivity index (χ4n) is 1.02. The summed E-state index contributed by atoms with van der Waals surface area (Å²) < 4.78 is 13.4. The molecule has 8 nitrogen and oxygen atoms in total. The van der Waals surface area contributed by atoms with E-state index in [1.807, 2.05) is 0 Å². The second kappa shape index (κ2) is 5.87. The number of hydrazone groups is 1. The first-order valence-corrected chi connectivity index (χ1v) is 5.37. The van der Waals surface area contributed by atoms with Gasteiger partial charge in [0.2, 0.25) is 11.5 Å². The minimum atomic E-state index is -1.02. The van der Waals surface area contributed by atoms with Gasteiger partial charge >= 0.3 is 5.69 Å². The molecule has 4 N–H and O–H groups in total. The number of halogens is 2. The van der Waals surface area contributed by atoms with Crippen LogP contribution in [0.3, 0.4) is 0 Å². The summed E-state index contributed by atoms with van der Waals surface area (Å²) in [7, 11) is 0. The van der Waals surface area contributed by atoms with Gasteiger partial charge in [-0.25, -0.2) is 0 Å². The fourth-order valence-corrected chi connectivity index (χ4v) is 1.43. The minimum Gasteiger partial charge on any atom is -0.382 e. The molecule has 0 aliphatic carbocycles.